The smallest absolute Gasteiger partial charge is 0.327 e. The average molecular weight is 223 g/mol. The van der Waals surface area contributed by atoms with Crippen LogP contribution < -0.4 is 11.0 Å². The van der Waals surface area contributed by atoms with Crippen molar-refractivity contribution in [3.63, 3.8) is 0 Å². The van der Waals surface area contributed by atoms with Crippen LogP contribution in [0.2, 0.25) is 0 Å². The molecule has 1 aromatic rings. The molecule has 0 saturated carbocycles. The summed E-state index contributed by atoms with van der Waals surface area (Å²) in [4.78, 5) is 19.6. The van der Waals surface area contributed by atoms with E-state index in [2.05, 4.69) is 27.2 Å². The SMILES string of the molecule is CCCCNc1nc(=S)[nH]c(=O)[nH]1.[Na]. The van der Waals surface area contributed by atoms with Gasteiger partial charge in [0.2, 0.25) is 10.7 Å². The number of unbranched alkanes of at least 4 members (excludes halogenated alkanes) is 1. The molecule has 0 fully saturated rings. The largest absolute Gasteiger partial charge is 0.356 e. The molecule has 1 heterocycles. The second-order valence-electron chi connectivity index (χ2n) is 2.63. The Balaban J connectivity index is 0.00000169. The molecule has 0 bridgehead atoms. The molecule has 0 spiro atoms. The first kappa shape index (κ1) is 13.8. The van der Waals surface area contributed by atoms with Crippen LogP contribution in [0.3, 0.4) is 0 Å². The number of anilines is 1. The van der Waals surface area contributed by atoms with Crippen molar-refractivity contribution in [2.45, 2.75) is 19.8 Å². The number of rotatable bonds is 4. The Bertz CT molecular complexity index is 346. The first-order valence-corrected chi connectivity index (χ1v) is 4.57. The molecule has 0 saturated heterocycles. The van der Waals surface area contributed by atoms with Crippen LogP contribution in [0.4, 0.5) is 5.95 Å². The van der Waals surface area contributed by atoms with Gasteiger partial charge in [0, 0.05) is 36.1 Å². The zero-order valence-corrected chi connectivity index (χ0v) is 11.2. The minimum atomic E-state index is -0.334. The second-order valence-corrected chi connectivity index (χ2v) is 3.01. The van der Waals surface area contributed by atoms with Crippen LogP contribution in [0.5, 0.6) is 0 Å². The van der Waals surface area contributed by atoms with Crippen molar-refractivity contribution in [3.8, 4) is 0 Å². The van der Waals surface area contributed by atoms with Gasteiger partial charge in [-0.1, -0.05) is 13.3 Å². The van der Waals surface area contributed by atoms with Crippen LogP contribution >= 0.6 is 12.2 Å². The van der Waals surface area contributed by atoms with Crippen LogP contribution in [0.25, 0.3) is 0 Å². The van der Waals surface area contributed by atoms with E-state index in [1.54, 1.807) is 0 Å². The van der Waals surface area contributed by atoms with E-state index < -0.39 is 0 Å². The van der Waals surface area contributed by atoms with E-state index in [0.29, 0.717) is 5.95 Å². The Hall–Kier alpha value is -0.170. The standard InChI is InChI=1S/C7H12N4OS.Na/c1-2-3-4-8-5-9-6(12)11-7(13)10-5;/h2-4H2,1H3,(H3,8,9,10,11,12,13);. The molecular weight excluding hydrogens is 211 g/mol. The quantitative estimate of drug-likeness (QED) is 0.398. The molecule has 1 rings (SSSR count). The molecular formula is C7H12N4NaOS. The van der Waals surface area contributed by atoms with Gasteiger partial charge in [-0.25, -0.2) is 4.79 Å². The summed E-state index contributed by atoms with van der Waals surface area (Å²) in [5.41, 5.74) is -0.334. The van der Waals surface area contributed by atoms with E-state index in [9.17, 15) is 4.79 Å². The fraction of sp³-hybridized carbons (Fsp3) is 0.571. The summed E-state index contributed by atoms with van der Waals surface area (Å²) in [6, 6.07) is 0. The topological polar surface area (TPSA) is 73.6 Å². The van der Waals surface area contributed by atoms with Gasteiger partial charge in [-0.2, -0.15) is 4.98 Å². The molecule has 14 heavy (non-hydrogen) atoms. The number of H-pyrrole nitrogens is 2. The molecule has 0 atom stereocenters. The third-order valence-corrected chi connectivity index (χ3v) is 1.68. The van der Waals surface area contributed by atoms with Crippen molar-refractivity contribution in [2.24, 2.45) is 0 Å². The molecule has 0 aromatic carbocycles. The van der Waals surface area contributed by atoms with Gasteiger partial charge in [-0.15, -0.1) is 0 Å². The summed E-state index contributed by atoms with van der Waals surface area (Å²) in [6.07, 6.45) is 2.13. The number of aromatic amines is 2. The number of nitrogens with one attached hydrogen (secondary N) is 3. The Labute approximate surface area is 109 Å². The van der Waals surface area contributed by atoms with Gasteiger partial charge in [0.25, 0.3) is 0 Å². The Kier molecular flexibility index (Phi) is 7.08. The predicted octanol–water partition coefficient (Wildman–Crippen LogP) is 0.659. The third-order valence-electron chi connectivity index (χ3n) is 1.49. The molecule has 0 amide bonds. The minimum absolute atomic E-state index is 0. The maximum absolute atomic E-state index is 10.9. The van der Waals surface area contributed by atoms with Crippen molar-refractivity contribution in [1.82, 2.24) is 15.0 Å². The number of hydrogen-bond acceptors (Lipinski definition) is 4. The Morgan fingerprint density at radius 1 is 1.50 bits per heavy atom. The molecule has 0 aliphatic rings. The van der Waals surface area contributed by atoms with Crippen molar-refractivity contribution in [3.05, 3.63) is 15.3 Å². The predicted molar refractivity (Wildman–Crippen MR) is 59.2 cm³/mol. The van der Waals surface area contributed by atoms with Gasteiger partial charge in [-0.05, 0) is 18.6 Å². The van der Waals surface area contributed by atoms with E-state index in [-0.39, 0.29) is 40.0 Å². The first-order chi connectivity index (χ1) is 6.22. The zero-order valence-electron chi connectivity index (χ0n) is 8.39. The summed E-state index contributed by atoms with van der Waals surface area (Å²) < 4.78 is 0.197. The van der Waals surface area contributed by atoms with Gasteiger partial charge < -0.3 is 5.32 Å². The molecule has 73 valence electrons. The minimum Gasteiger partial charge on any atom is -0.356 e. The molecule has 1 aromatic heterocycles. The maximum atomic E-state index is 10.9. The van der Waals surface area contributed by atoms with Crippen molar-refractivity contribution < 1.29 is 0 Å². The van der Waals surface area contributed by atoms with Gasteiger partial charge in [-0.3, -0.25) is 9.97 Å². The van der Waals surface area contributed by atoms with Gasteiger partial charge in [0.1, 0.15) is 0 Å². The summed E-state index contributed by atoms with van der Waals surface area (Å²) in [7, 11) is 0. The van der Waals surface area contributed by atoms with E-state index in [1.165, 1.54) is 0 Å². The Morgan fingerprint density at radius 3 is 2.79 bits per heavy atom. The van der Waals surface area contributed by atoms with E-state index in [0.717, 1.165) is 19.4 Å². The Morgan fingerprint density at radius 2 is 2.21 bits per heavy atom. The molecule has 0 aliphatic heterocycles. The third kappa shape index (κ3) is 4.90. The fourth-order valence-corrected chi connectivity index (χ4v) is 1.04. The van der Waals surface area contributed by atoms with Gasteiger partial charge in [0.05, 0.1) is 0 Å². The second kappa shape index (κ2) is 7.17. The van der Waals surface area contributed by atoms with Crippen LogP contribution in [-0.2, 0) is 0 Å². The van der Waals surface area contributed by atoms with Crippen LogP contribution in [0.15, 0.2) is 4.79 Å². The molecule has 7 heteroatoms. The van der Waals surface area contributed by atoms with Gasteiger partial charge in [0.15, 0.2) is 0 Å². The monoisotopic (exact) mass is 223 g/mol. The summed E-state index contributed by atoms with van der Waals surface area (Å²) in [5.74, 6) is 0.433. The van der Waals surface area contributed by atoms with Crippen LogP contribution in [0, 0.1) is 4.77 Å². The van der Waals surface area contributed by atoms with Gasteiger partial charge >= 0.3 is 5.69 Å². The van der Waals surface area contributed by atoms with Crippen LogP contribution in [0.1, 0.15) is 19.8 Å². The normalized spacial score (nSPS) is 9.21. The van der Waals surface area contributed by atoms with E-state index in [1.807, 2.05) is 0 Å². The van der Waals surface area contributed by atoms with Crippen molar-refractivity contribution >= 4 is 47.7 Å². The molecule has 3 N–H and O–H groups in total. The number of nitrogens with zero attached hydrogens (tertiary/aromatic N) is 1. The average Bonchev–Trinajstić information content (AvgIpc) is 2.03. The maximum Gasteiger partial charge on any atom is 0.327 e. The molecule has 1 radical (unpaired) electrons. The fourth-order valence-electron chi connectivity index (χ4n) is 0.861. The molecule has 5 nitrogen and oxygen atoms in total. The summed E-state index contributed by atoms with van der Waals surface area (Å²) in [6.45, 7) is 2.88. The summed E-state index contributed by atoms with van der Waals surface area (Å²) >= 11 is 4.74. The summed E-state index contributed by atoms with van der Waals surface area (Å²) in [5, 5.41) is 2.97. The zero-order chi connectivity index (χ0) is 9.68. The van der Waals surface area contributed by atoms with Crippen molar-refractivity contribution in [2.75, 3.05) is 11.9 Å². The van der Waals surface area contributed by atoms with Crippen LogP contribution in [-0.4, -0.2) is 51.1 Å². The molecule has 0 aliphatic carbocycles. The molecule has 0 unspecified atom stereocenters. The van der Waals surface area contributed by atoms with E-state index >= 15 is 0 Å². The van der Waals surface area contributed by atoms with E-state index in [4.69, 9.17) is 12.2 Å². The number of hydrogen-bond donors (Lipinski definition) is 3. The first-order valence-electron chi connectivity index (χ1n) is 4.17. The number of aromatic nitrogens is 3. The van der Waals surface area contributed by atoms with Crippen molar-refractivity contribution in [1.29, 1.82) is 0 Å².